The summed E-state index contributed by atoms with van der Waals surface area (Å²) in [6.45, 7) is 2.00. The van der Waals surface area contributed by atoms with Crippen molar-refractivity contribution in [2.45, 2.75) is 6.92 Å². The Labute approximate surface area is 129 Å². The van der Waals surface area contributed by atoms with Crippen LogP contribution in [0.3, 0.4) is 0 Å². The van der Waals surface area contributed by atoms with Gasteiger partial charge >= 0.3 is 0 Å². The molecule has 3 aromatic rings. The number of hydrogen-bond donors (Lipinski definition) is 0. The predicted octanol–water partition coefficient (Wildman–Crippen LogP) is 6.23. The maximum Gasteiger partial charge on any atom is 0.0907 e. The Hall–Kier alpha value is -0.800. The minimum absolute atomic E-state index is 0.387. The molecule has 0 aliphatic heterocycles. The molecule has 0 amide bonds. The lowest BCUT2D eigenvalue weighted by Gasteiger charge is -2.05. The molecule has 3 rings (SSSR count). The van der Waals surface area contributed by atoms with Gasteiger partial charge in [-0.25, -0.2) is 4.98 Å². The van der Waals surface area contributed by atoms with Crippen LogP contribution in [0.25, 0.3) is 21.3 Å². The molecule has 0 spiro atoms. The van der Waals surface area contributed by atoms with Gasteiger partial charge < -0.3 is 0 Å². The van der Waals surface area contributed by atoms with Gasteiger partial charge in [0.1, 0.15) is 0 Å². The van der Waals surface area contributed by atoms with E-state index in [4.69, 9.17) is 34.8 Å². The summed E-state index contributed by atoms with van der Waals surface area (Å²) < 4.78 is 1.17. The van der Waals surface area contributed by atoms with Crippen molar-refractivity contribution < 1.29 is 0 Å². The molecule has 0 N–H and O–H groups in total. The quantitative estimate of drug-likeness (QED) is 0.482. The highest BCUT2D eigenvalue weighted by Gasteiger charge is 2.09. The Morgan fingerprint density at radius 1 is 0.947 bits per heavy atom. The van der Waals surface area contributed by atoms with Crippen LogP contribution in [-0.2, 0) is 0 Å². The fraction of sp³-hybridized carbons (Fsp3) is 0.0714. The van der Waals surface area contributed by atoms with Crippen LogP contribution in [0.5, 0.6) is 0 Å². The number of fused-ring (bicyclic) bond motifs is 1. The number of benzene rings is 2. The number of hydrogen-bond acceptors (Lipinski definition) is 2. The summed E-state index contributed by atoms with van der Waals surface area (Å²) in [4.78, 5) is 4.49. The van der Waals surface area contributed by atoms with E-state index in [9.17, 15) is 0 Å². The number of aryl methyl sites for hydroxylation is 1. The average molecular weight is 329 g/mol. The average Bonchev–Trinajstić information content (AvgIpc) is 2.74. The largest absolute Gasteiger partial charge is 0.241 e. The minimum atomic E-state index is 0.387. The second-order valence-electron chi connectivity index (χ2n) is 4.17. The molecule has 1 nitrogen and oxygen atoms in total. The number of nitrogens with zero attached hydrogens (tertiary/aromatic N) is 1. The number of aromatic nitrogens is 1. The lowest BCUT2D eigenvalue weighted by atomic mass is 10.1. The highest BCUT2D eigenvalue weighted by Crippen LogP contribution is 2.36. The molecular formula is C14H8Cl3NS. The topological polar surface area (TPSA) is 12.9 Å². The monoisotopic (exact) mass is 327 g/mol. The molecule has 1 heterocycles. The van der Waals surface area contributed by atoms with Crippen molar-refractivity contribution in [2.24, 2.45) is 0 Å². The zero-order valence-electron chi connectivity index (χ0n) is 9.88. The van der Waals surface area contributed by atoms with E-state index >= 15 is 0 Å². The molecule has 1 aromatic heterocycles. The van der Waals surface area contributed by atoms with Gasteiger partial charge in [-0.3, -0.25) is 0 Å². The summed E-state index contributed by atoms with van der Waals surface area (Å²) in [5.41, 5.74) is 2.95. The SMILES string of the molecule is Cc1nc2cc(-c3cc(Cl)c(Cl)c(Cl)c3)ccc2s1. The van der Waals surface area contributed by atoms with E-state index in [0.29, 0.717) is 15.1 Å². The van der Waals surface area contributed by atoms with Crippen molar-refractivity contribution in [2.75, 3.05) is 0 Å². The molecule has 0 bridgehead atoms. The van der Waals surface area contributed by atoms with Crippen LogP contribution < -0.4 is 0 Å². The maximum absolute atomic E-state index is 6.06. The summed E-state index contributed by atoms with van der Waals surface area (Å²) in [7, 11) is 0. The van der Waals surface area contributed by atoms with Gasteiger partial charge in [0.2, 0.25) is 0 Å². The summed E-state index contributed by atoms with van der Waals surface area (Å²) >= 11 is 19.8. The van der Waals surface area contributed by atoms with Crippen molar-refractivity contribution in [3.05, 3.63) is 50.4 Å². The van der Waals surface area contributed by atoms with Gasteiger partial charge in [0.05, 0.1) is 30.3 Å². The van der Waals surface area contributed by atoms with Gasteiger partial charge in [0, 0.05) is 0 Å². The first-order valence-corrected chi connectivity index (χ1v) is 7.52. The maximum atomic E-state index is 6.06. The molecule has 0 atom stereocenters. The van der Waals surface area contributed by atoms with Crippen LogP contribution in [0.1, 0.15) is 5.01 Å². The fourth-order valence-corrected chi connectivity index (χ4v) is 3.35. The van der Waals surface area contributed by atoms with Crippen LogP contribution in [0.15, 0.2) is 30.3 Å². The van der Waals surface area contributed by atoms with Crippen molar-refractivity contribution in [3.63, 3.8) is 0 Å². The van der Waals surface area contributed by atoms with Gasteiger partial charge in [-0.05, 0) is 42.3 Å². The lowest BCUT2D eigenvalue weighted by Crippen LogP contribution is -1.81. The van der Waals surface area contributed by atoms with Crippen LogP contribution in [0, 0.1) is 6.92 Å². The van der Waals surface area contributed by atoms with Gasteiger partial charge in [-0.2, -0.15) is 0 Å². The van der Waals surface area contributed by atoms with E-state index in [1.807, 2.05) is 31.2 Å². The third-order valence-corrected chi connectivity index (χ3v) is 4.96. The van der Waals surface area contributed by atoms with Crippen molar-refractivity contribution in [1.82, 2.24) is 4.98 Å². The Bertz CT molecular complexity index is 756. The highest BCUT2D eigenvalue weighted by atomic mass is 35.5. The highest BCUT2D eigenvalue weighted by molar-refractivity contribution is 7.18. The number of halogens is 3. The van der Waals surface area contributed by atoms with E-state index in [2.05, 4.69) is 11.1 Å². The third-order valence-electron chi connectivity index (χ3n) is 2.81. The first kappa shape index (κ1) is 13.2. The van der Waals surface area contributed by atoms with Gasteiger partial charge in [0.25, 0.3) is 0 Å². The molecule has 0 fully saturated rings. The summed E-state index contributed by atoms with van der Waals surface area (Å²) in [5.74, 6) is 0. The summed E-state index contributed by atoms with van der Waals surface area (Å²) in [5, 5.41) is 2.36. The van der Waals surface area contributed by atoms with E-state index in [0.717, 1.165) is 21.7 Å². The van der Waals surface area contributed by atoms with E-state index in [1.165, 1.54) is 4.70 Å². The smallest absolute Gasteiger partial charge is 0.0907 e. The van der Waals surface area contributed by atoms with E-state index in [1.54, 1.807) is 11.3 Å². The number of thiazole rings is 1. The number of rotatable bonds is 1. The molecule has 0 aliphatic carbocycles. The van der Waals surface area contributed by atoms with Crippen molar-refractivity contribution in [1.29, 1.82) is 0 Å². The standard InChI is InChI=1S/C14H8Cl3NS/c1-7-18-12-6-8(2-3-13(12)19-7)9-4-10(15)14(17)11(16)5-9/h2-6H,1H3. The molecule has 96 valence electrons. The predicted molar refractivity (Wildman–Crippen MR) is 84.8 cm³/mol. The summed E-state index contributed by atoms with van der Waals surface area (Å²) in [6.07, 6.45) is 0. The zero-order valence-corrected chi connectivity index (χ0v) is 13.0. The minimum Gasteiger partial charge on any atom is -0.241 e. The Morgan fingerprint density at radius 2 is 1.63 bits per heavy atom. The Kier molecular flexibility index (Phi) is 3.44. The van der Waals surface area contributed by atoms with Crippen molar-refractivity contribution in [3.8, 4) is 11.1 Å². The molecule has 5 heteroatoms. The first-order valence-electron chi connectivity index (χ1n) is 5.57. The fourth-order valence-electron chi connectivity index (χ4n) is 1.94. The normalized spacial score (nSPS) is 11.2. The third kappa shape index (κ3) is 2.46. The Morgan fingerprint density at radius 3 is 2.32 bits per heavy atom. The zero-order chi connectivity index (χ0) is 13.6. The second-order valence-corrected chi connectivity index (χ2v) is 6.60. The van der Waals surface area contributed by atoms with Crippen LogP contribution in [-0.4, -0.2) is 4.98 Å². The lowest BCUT2D eigenvalue weighted by molar-refractivity contribution is 1.35. The van der Waals surface area contributed by atoms with Gasteiger partial charge in [-0.1, -0.05) is 40.9 Å². The van der Waals surface area contributed by atoms with Crippen LogP contribution in [0.2, 0.25) is 15.1 Å². The molecular weight excluding hydrogens is 321 g/mol. The van der Waals surface area contributed by atoms with E-state index in [-0.39, 0.29) is 0 Å². The van der Waals surface area contributed by atoms with Gasteiger partial charge in [0.15, 0.2) is 0 Å². The van der Waals surface area contributed by atoms with Crippen LogP contribution >= 0.6 is 46.1 Å². The summed E-state index contributed by atoms with van der Waals surface area (Å²) in [6, 6.07) is 9.77. The molecule has 2 aromatic carbocycles. The van der Waals surface area contributed by atoms with Crippen molar-refractivity contribution >= 4 is 56.4 Å². The van der Waals surface area contributed by atoms with Crippen LogP contribution in [0.4, 0.5) is 0 Å². The molecule has 0 unspecified atom stereocenters. The molecule has 0 saturated carbocycles. The van der Waals surface area contributed by atoms with E-state index < -0.39 is 0 Å². The Balaban J connectivity index is 2.18. The molecule has 0 radical (unpaired) electrons. The molecule has 0 saturated heterocycles. The first-order chi connectivity index (χ1) is 9.04. The molecule has 19 heavy (non-hydrogen) atoms. The van der Waals surface area contributed by atoms with Gasteiger partial charge in [-0.15, -0.1) is 11.3 Å². The second kappa shape index (κ2) is 4.95. The molecule has 0 aliphatic rings.